The first-order chi connectivity index (χ1) is 13.1. The van der Waals surface area contributed by atoms with Crippen molar-refractivity contribution in [1.82, 2.24) is 0 Å². The van der Waals surface area contributed by atoms with E-state index in [1.165, 1.54) is 7.11 Å². The fraction of sp³-hybridized carbons (Fsp3) is 0.737. The van der Waals surface area contributed by atoms with Gasteiger partial charge in [0.2, 0.25) is 0 Å². The largest absolute Gasteiger partial charge is 0.468 e. The summed E-state index contributed by atoms with van der Waals surface area (Å²) in [6.45, 7) is 4.60. The molecule has 0 aromatic carbocycles. The molecule has 1 aliphatic heterocycles. The third kappa shape index (κ3) is 2.58. The molecule has 0 aromatic heterocycles. The van der Waals surface area contributed by atoms with E-state index in [9.17, 15) is 24.4 Å². The van der Waals surface area contributed by atoms with Crippen LogP contribution < -0.4 is 0 Å². The Labute approximate surface area is 162 Å². The van der Waals surface area contributed by atoms with Gasteiger partial charge in [-0.3, -0.25) is 14.4 Å². The maximum absolute atomic E-state index is 12.5. The Balaban J connectivity index is 1.76. The minimum atomic E-state index is -1.42. The average molecular weight is 393 g/mol. The highest BCUT2D eigenvalue weighted by molar-refractivity contribution is 5.90. The summed E-state index contributed by atoms with van der Waals surface area (Å²) in [5.41, 5.74) is -3.49. The first-order valence-electron chi connectivity index (χ1n) is 9.15. The predicted octanol–water partition coefficient (Wildman–Crippen LogP) is 0.896. The van der Waals surface area contributed by atoms with Gasteiger partial charge in [-0.25, -0.2) is 4.79 Å². The Morgan fingerprint density at radius 3 is 2.61 bits per heavy atom. The lowest BCUT2D eigenvalue weighted by Crippen LogP contribution is -2.50. The third-order valence-electron chi connectivity index (χ3n) is 6.47. The van der Waals surface area contributed by atoms with Crippen molar-refractivity contribution >= 4 is 23.9 Å². The molecule has 3 fully saturated rings. The average Bonchev–Trinajstić information content (AvgIpc) is 3.24. The Bertz CT molecular complexity index is 783. The number of esters is 4. The highest BCUT2D eigenvalue weighted by atomic mass is 16.6. The van der Waals surface area contributed by atoms with Gasteiger partial charge in [0, 0.05) is 5.92 Å². The number of nitriles is 1. The van der Waals surface area contributed by atoms with Crippen LogP contribution in [0.2, 0.25) is 0 Å². The summed E-state index contributed by atoms with van der Waals surface area (Å²) in [7, 11) is 1.19. The van der Waals surface area contributed by atoms with Gasteiger partial charge in [0.25, 0.3) is 0 Å². The van der Waals surface area contributed by atoms with Crippen LogP contribution in [0.15, 0.2) is 0 Å². The van der Waals surface area contributed by atoms with Crippen molar-refractivity contribution in [2.24, 2.45) is 22.2 Å². The molecular formula is C19H23NO8. The van der Waals surface area contributed by atoms with Crippen LogP contribution in [0.5, 0.6) is 0 Å². The summed E-state index contributed by atoms with van der Waals surface area (Å²) < 4.78 is 20.6. The minimum Gasteiger partial charge on any atom is -0.468 e. The molecule has 28 heavy (non-hydrogen) atoms. The molecule has 0 aromatic rings. The number of fused-ring (bicyclic) bond motifs is 1. The quantitative estimate of drug-likeness (QED) is 0.477. The van der Waals surface area contributed by atoms with E-state index in [1.807, 2.05) is 13.0 Å². The second kappa shape index (κ2) is 6.47. The molecule has 0 amide bonds. The molecule has 5 unspecified atom stereocenters. The van der Waals surface area contributed by atoms with Crippen LogP contribution in [0.25, 0.3) is 0 Å². The fourth-order valence-electron chi connectivity index (χ4n) is 4.47. The number of ether oxygens (including phenoxy) is 4. The van der Waals surface area contributed by atoms with Crippen LogP contribution in [-0.4, -0.2) is 49.8 Å². The van der Waals surface area contributed by atoms with E-state index in [1.54, 1.807) is 13.8 Å². The summed E-state index contributed by atoms with van der Waals surface area (Å²) >= 11 is 0. The van der Waals surface area contributed by atoms with Crippen LogP contribution >= 0.6 is 0 Å². The molecule has 9 nitrogen and oxygen atoms in total. The molecule has 0 spiro atoms. The van der Waals surface area contributed by atoms with E-state index in [-0.39, 0.29) is 12.8 Å². The van der Waals surface area contributed by atoms with Crippen LogP contribution in [0.4, 0.5) is 0 Å². The molecule has 3 rings (SSSR count). The van der Waals surface area contributed by atoms with E-state index < -0.39 is 64.9 Å². The molecule has 5 atom stereocenters. The van der Waals surface area contributed by atoms with Crippen molar-refractivity contribution < 1.29 is 38.1 Å². The number of hydrogen-bond donors (Lipinski definition) is 0. The van der Waals surface area contributed by atoms with Gasteiger partial charge in [0.05, 0.1) is 18.6 Å². The standard InChI is InChI=1S/C19H23NO8/c1-5-17(2,3)14(22)26-7-11(21)27-13-12-10-6-18(13,15(23)25-4)8-19(10,9-20)16(24)28-12/h10,12-13H,5-8H2,1-4H3. The SMILES string of the molecule is CCC(C)(C)C(=O)OCC(=O)OC1C2OC(=O)C3(C#N)CC1(C(=O)OC)CC23. The maximum atomic E-state index is 12.5. The number of nitrogens with zero attached hydrogens (tertiary/aromatic N) is 1. The first kappa shape index (κ1) is 20.1. The highest BCUT2D eigenvalue weighted by Crippen LogP contribution is 2.68. The summed E-state index contributed by atoms with van der Waals surface area (Å²) in [6, 6.07) is 2.00. The zero-order valence-corrected chi connectivity index (χ0v) is 16.3. The fourth-order valence-corrected chi connectivity index (χ4v) is 4.47. The van der Waals surface area contributed by atoms with Crippen LogP contribution in [0, 0.1) is 33.5 Å². The number of carbonyl (C=O) groups is 4. The molecular weight excluding hydrogens is 370 g/mol. The Hall–Kier alpha value is -2.63. The van der Waals surface area contributed by atoms with Crippen LogP contribution in [0.1, 0.15) is 40.0 Å². The Morgan fingerprint density at radius 1 is 1.36 bits per heavy atom. The number of hydrogen-bond acceptors (Lipinski definition) is 9. The molecule has 0 N–H and O–H groups in total. The third-order valence-corrected chi connectivity index (χ3v) is 6.47. The highest BCUT2D eigenvalue weighted by Gasteiger charge is 2.80. The minimum absolute atomic E-state index is 0.121. The first-order valence-corrected chi connectivity index (χ1v) is 9.15. The molecule has 1 saturated heterocycles. The number of methoxy groups -OCH3 is 1. The van der Waals surface area contributed by atoms with Gasteiger partial charge in [-0.15, -0.1) is 0 Å². The van der Waals surface area contributed by atoms with Crippen molar-refractivity contribution in [1.29, 1.82) is 5.26 Å². The topological polar surface area (TPSA) is 129 Å². The van der Waals surface area contributed by atoms with Crippen molar-refractivity contribution in [3.05, 3.63) is 0 Å². The van der Waals surface area contributed by atoms with Gasteiger partial charge in [0.1, 0.15) is 11.5 Å². The van der Waals surface area contributed by atoms with Crippen molar-refractivity contribution in [2.45, 2.75) is 52.2 Å². The molecule has 9 heteroatoms. The summed E-state index contributed by atoms with van der Waals surface area (Å²) in [5, 5.41) is 9.55. The predicted molar refractivity (Wildman–Crippen MR) is 90.0 cm³/mol. The summed E-state index contributed by atoms with van der Waals surface area (Å²) in [6.07, 6.45) is -1.41. The lowest BCUT2D eigenvalue weighted by Gasteiger charge is -2.34. The molecule has 1 heterocycles. The number of carbonyl (C=O) groups excluding carboxylic acids is 4. The van der Waals surface area contributed by atoms with E-state index in [2.05, 4.69) is 0 Å². The smallest absolute Gasteiger partial charge is 0.344 e. The van der Waals surface area contributed by atoms with Gasteiger partial charge >= 0.3 is 23.9 Å². The van der Waals surface area contributed by atoms with Gasteiger partial charge in [0.15, 0.2) is 18.1 Å². The maximum Gasteiger partial charge on any atom is 0.344 e. The van der Waals surface area contributed by atoms with Crippen LogP contribution in [0.3, 0.4) is 0 Å². The molecule has 2 saturated carbocycles. The van der Waals surface area contributed by atoms with Crippen LogP contribution in [-0.2, 0) is 38.1 Å². The van der Waals surface area contributed by atoms with Gasteiger partial charge < -0.3 is 18.9 Å². The molecule has 3 aliphatic rings. The molecule has 152 valence electrons. The van der Waals surface area contributed by atoms with Gasteiger partial charge in [-0.2, -0.15) is 5.26 Å². The van der Waals surface area contributed by atoms with E-state index >= 15 is 0 Å². The van der Waals surface area contributed by atoms with Crippen molar-refractivity contribution in [3.8, 4) is 6.07 Å². The van der Waals surface area contributed by atoms with Gasteiger partial charge in [-0.1, -0.05) is 6.92 Å². The zero-order chi connectivity index (χ0) is 20.9. The Kier molecular flexibility index (Phi) is 4.64. The van der Waals surface area contributed by atoms with Crippen molar-refractivity contribution in [2.75, 3.05) is 13.7 Å². The van der Waals surface area contributed by atoms with Gasteiger partial charge in [-0.05, 0) is 33.1 Å². The summed E-state index contributed by atoms with van der Waals surface area (Å²) in [4.78, 5) is 49.1. The second-order valence-electron chi connectivity index (χ2n) is 8.31. The van der Waals surface area contributed by atoms with E-state index in [4.69, 9.17) is 18.9 Å². The zero-order valence-electron chi connectivity index (χ0n) is 16.3. The van der Waals surface area contributed by atoms with E-state index in [0.717, 1.165) is 0 Å². The second-order valence-corrected chi connectivity index (χ2v) is 8.31. The normalized spacial score (nSPS) is 35.1. The van der Waals surface area contributed by atoms with E-state index in [0.29, 0.717) is 6.42 Å². The monoisotopic (exact) mass is 393 g/mol. The Morgan fingerprint density at radius 2 is 2.04 bits per heavy atom. The summed E-state index contributed by atoms with van der Waals surface area (Å²) in [5.74, 6) is -3.31. The number of rotatable bonds is 6. The molecule has 2 aliphatic carbocycles. The lowest BCUT2D eigenvalue weighted by molar-refractivity contribution is -0.183. The lowest BCUT2D eigenvalue weighted by atomic mass is 9.70. The molecule has 0 radical (unpaired) electrons. The van der Waals surface area contributed by atoms with Crippen molar-refractivity contribution in [3.63, 3.8) is 0 Å². The molecule has 2 bridgehead atoms.